The van der Waals surface area contributed by atoms with Crippen molar-refractivity contribution < 1.29 is 9.47 Å². The normalized spacial score (nSPS) is 18.1. The SMILES string of the molecule is N#Cc1ccc(CNCCCOCC2CCCO2)cc1. The van der Waals surface area contributed by atoms with Crippen molar-refractivity contribution in [2.24, 2.45) is 0 Å². The highest BCUT2D eigenvalue weighted by atomic mass is 16.5. The maximum Gasteiger partial charge on any atom is 0.0991 e. The lowest BCUT2D eigenvalue weighted by atomic mass is 10.1. The third-order valence-corrected chi connectivity index (χ3v) is 3.38. The van der Waals surface area contributed by atoms with E-state index < -0.39 is 0 Å². The topological polar surface area (TPSA) is 54.3 Å². The van der Waals surface area contributed by atoms with Gasteiger partial charge in [0.25, 0.3) is 0 Å². The van der Waals surface area contributed by atoms with E-state index in [0.29, 0.717) is 11.7 Å². The van der Waals surface area contributed by atoms with Gasteiger partial charge < -0.3 is 14.8 Å². The fraction of sp³-hybridized carbons (Fsp3) is 0.562. The lowest BCUT2D eigenvalue weighted by Gasteiger charge is -2.10. The Morgan fingerprint density at radius 1 is 1.35 bits per heavy atom. The molecule has 1 N–H and O–H groups in total. The smallest absolute Gasteiger partial charge is 0.0991 e. The van der Waals surface area contributed by atoms with Gasteiger partial charge in [0.05, 0.1) is 24.3 Å². The van der Waals surface area contributed by atoms with Crippen molar-refractivity contribution in [2.75, 3.05) is 26.4 Å². The van der Waals surface area contributed by atoms with Gasteiger partial charge in [-0.15, -0.1) is 0 Å². The third kappa shape index (κ3) is 5.30. The van der Waals surface area contributed by atoms with E-state index >= 15 is 0 Å². The lowest BCUT2D eigenvalue weighted by molar-refractivity contribution is 0.0166. The molecule has 1 unspecified atom stereocenters. The number of benzene rings is 1. The van der Waals surface area contributed by atoms with Gasteiger partial charge >= 0.3 is 0 Å². The van der Waals surface area contributed by atoms with E-state index in [1.165, 1.54) is 12.0 Å². The summed E-state index contributed by atoms with van der Waals surface area (Å²) < 4.78 is 11.1. The maximum atomic E-state index is 8.72. The van der Waals surface area contributed by atoms with E-state index in [1.807, 2.05) is 24.3 Å². The highest BCUT2D eigenvalue weighted by Crippen LogP contribution is 2.11. The van der Waals surface area contributed by atoms with Gasteiger partial charge in [-0.2, -0.15) is 5.26 Å². The Kier molecular flexibility index (Phi) is 6.52. The van der Waals surface area contributed by atoms with Crippen molar-refractivity contribution in [3.63, 3.8) is 0 Å². The van der Waals surface area contributed by atoms with Gasteiger partial charge in [-0.1, -0.05) is 12.1 Å². The van der Waals surface area contributed by atoms with Crippen molar-refractivity contribution in [2.45, 2.75) is 31.9 Å². The molecule has 0 radical (unpaired) electrons. The van der Waals surface area contributed by atoms with Crippen molar-refractivity contribution in [1.82, 2.24) is 5.32 Å². The summed E-state index contributed by atoms with van der Waals surface area (Å²) in [5.74, 6) is 0. The van der Waals surface area contributed by atoms with Crippen molar-refractivity contribution in [3.05, 3.63) is 35.4 Å². The Morgan fingerprint density at radius 3 is 2.90 bits per heavy atom. The van der Waals surface area contributed by atoms with Crippen LogP contribution in [0.3, 0.4) is 0 Å². The standard InChI is InChI=1S/C16H22N2O2/c17-11-14-4-6-15(7-5-14)12-18-8-2-9-19-13-16-3-1-10-20-16/h4-7,16,18H,1-3,8-10,12-13H2. The van der Waals surface area contributed by atoms with Crippen LogP contribution in [0.5, 0.6) is 0 Å². The predicted molar refractivity (Wildman–Crippen MR) is 77.3 cm³/mol. The molecular weight excluding hydrogens is 252 g/mol. The fourth-order valence-electron chi connectivity index (χ4n) is 2.22. The van der Waals surface area contributed by atoms with Crippen LogP contribution >= 0.6 is 0 Å². The Balaban J connectivity index is 1.47. The van der Waals surface area contributed by atoms with E-state index in [2.05, 4.69) is 11.4 Å². The average Bonchev–Trinajstić information content (AvgIpc) is 3.00. The molecule has 0 saturated carbocycles. The summed E-state index contributed by atoms with van der Waals surface area (Å²) in [5, 5.41) is 12.1. The van der Waals surface area contributed by atoms with E-state index in [-0.39, 0.29) is 0 Å². The molecule has 108 valence electrons. The minimum absolute atomic E-state index is 0.321. The van der Waals surface area contributed by atoms with Crippen LogP contribution in [-0.4, -0.2) is 32.5 Å². The zero-order valence-corrected chi connectivity index (χ0v) is 11.8. The maximum absolute atomic E-state index is 8.72. The summed E-state index contributed by atoms with van der Waals surface area (Å²) in [5.41, 5.74) is 1.90. The van der Waals surface area contributed by atoms with Crippen molar-refractivity contribution in [3.8, 4) is 6.07 Å². The summed E-state index contributed by atoms with van der Waals surface area (Å²) >= 11 is 0. The fourth-order valence-corrected chi connectivity index (χ4v) is 2.22. The number of nitrogens with zero attached hydrogens (tertiary/aromatic N) is 1. The molecule has 0 spiro atoms. The largest absolute Gasteiger partial charge is 0.379 e. The van der Waals surface area contributed by atoms with Crippen molar-refractivity contribution >= 4 is 0 Å². The summed E-state index contributed by atoms with van der Waals surface area (Å²) in [6, 6.07) is 9.79. The van der Waals surface area contributed by atoms with Gasteiger partial charge in [-0.3, -0.25) is 0 Å². The number of hydrogen-bond acceptors (Lipinski definition) is 4. The second-order valence-corrected chi connectivity index (χ2v) is 5.05. The molecule has 0 aromatic heterocycles. The first-order chi connectivity index (χ1) is 9.88. The summed E-state index contributed by atoms with van der Waals surface area (Å²) in [4.78, 5) is 0. The second-order valence-electron chi connectivity index (χ2n) is 5.05. The Morgan fingerprint density at radius 2 is 2.20 bits per heavy atom. The first kappa shape index (κ1) is 15.0. The average molecular weight is 274 g/mol. The lowest BCUT2D eigenvalue weighted by Crippen LogP contribution is -2.18. The first-order valence-electron chi connectivity index (χ1n) is 7.27. The minimum Gasteiger partial charge on any atom is -0.379 e. The van der Waals surface area contributed by atoms with E-state index in [9.17, 15) is 0 Å². The highest BCUT2D eigenvalue weighted by Gasteiger charge is 2.14. The Labute approximate surface area is 120 Å². The molecule has 1 heterocycles. The third-order valence-electron chi connectivity index (χ3n) is 3.38. The molecule has 1 atom stereocenters. The van der Waals surface area contributed by atoms with Crippen LogP contribution in [0.4, 0.5) is 0 Å². The summed E-state index contributed by atoms with van der Waals surface area (Å²) in [6.07, 6.45) is 3.63. The molecule has 0 aliphatic carbocycles. The van der Waals surface area contributed by atoms with Crippen molar-refractivity contribution in [1.29, 1.82) is 5.26 Å². The van der Waals surface area contributed by atoms with Crippen LogP contribution in [0, 0.1) is 11.3 Å². The molecule has 1 aliphatic heterocycles. The molecule has 2 rings (SSSR count). The molecule has 1 aromatic carbocycles. The van der Waals surface area contributed by atoms with Crippen LogP contribution < -0.4 is 5.32 Å². The van der Waals surface area contributed by atoms with Gasteiger partial charge in [0.15, 0.2) is 0 Å². The molecule has 4 heteroatoms. The number of ether oxygens (including phenoxy) is 2. The molecular formula is C16H22N2O2. The molecule has 4 nitrogen and oxygen atoms in total. The van der Waals surface area contributed by atoms with Gasteiger partial charge in [-0.25, -0.2) is 0 Å². The molecule has 1 aromatic rings. The molecule has 1 aliphatic rings. The van der Waals surface area contributed by atoms with Crippen LogP contribution in [0.15, 0.2) is 24.3 Å². The molecule has 0 amide bonds. The predicted octanol–water partition coefficient (Wildman–Crippen LogP) is 2.23. The van der Waals surface area contributed by atoms with E-state index in [4.69, 9.17) is 14.7 Å². The van der Waals surface area contributed by atoms with Crippen LogP contribution in [0.2, 0.25) is 0 Å². The van der Waals surface area contributed by atoms with Crippen LogP contribution in [-0.2, 0) is 16.0 Å². The number of hydrogen-bond donors (Lipinski definition) is 1. The number of nitriles is 1. The highest BCUT2D eigenvalue weighted by molar-refractivity contribution is 5.31. The summed E-state index contributed by atoms with van der Waals surface area (Å²) in [7, 11) is 0. The molecule has 20 heavy (non-hydrogen) atoms. The molecule has 1 fully saturated rings. The van der Waals surface area contributed by atoms with Crippen LogP contribution in [0.25, 0.3) is 0 Å². The Bertz CT molecular complexity index is 419. The monoisotopic (exact) mass is 274 g/mol. The molecule has 0 bridgehead atoms. The van der Waals surface area contributed by atoms with Crippen LogP contribution in [0.1, 0.15) is 30.4 Å². The van der Waals surface area contributed by atoms with E-state index in [1.54, 1.807) is 0 Å². The Hall–Kier alpha value is -1.41. The van der Waals surface area contributed by atoms with Gasteiger partial charge in [-0.05, 0) is 43.5 Å². The van der Waals surface area contributed by atoms with E-state index in [0.717, 1.165) is 45.8 Å². The first-order valence-corrected chi connectivity index (χ1v) is 7.27. The molecule has 1 saturated heterocycles. The van der Waals surface area contributed by atoms with Gasteiger partial charge in [0, 0.05) is 19.8 Å². The zero-order chi connectivity index (χ0) is 14.0. The number of rotatable bonds is 8. The van der Waals surface area contributed by atoms with Gasteiger partial charge in [0.2, 0.25) is 0 Å². The summed E-state index contributed by atoms with van der Waals surface area (Å²) in [6.45, 7) is 4.17. The quantitative estimate of drug-likeness (QED) is 0.739. The second kappa shape index (κ2) is 8.70. The van der Waals surface area contributed by atoms with Gasteiger partial charge in [0.1, 0.15) is 0 Å². The zero-order valence-electron chi connectivity index (χ0n) is 11.8. The number of nitrogens with one attached hydrogen (secondary N) is 1. The minimum atomic E-state index is 0.321.